The predicted octanol–water partition coefficient (Wildman–Crippen LogP) is 4.18. The van der Waals surface area contributed by atoms with Crippen molar-refractivity contribution in [3.63, 3.8) is 0 Å². The van der Waals surface area contributed by atoms with Gasteiger partial charge in [0.2, 0.25) is 0 Å². The van der Waals surface area contributed by atoms with Gasteiger partial charge in [0.25, 0.3) is 0 Å². The molecule has 0 aliphatic carbocycles. The molecule has 0 spiro atoms. The summed E-state index contributed by atoms with van der Waals surface area (Å²) in [6, 6.07) is 13.0. The van der Waals surface area contributed by atoms with Crippen LogP contribution in [0.5, 0.6) is 11.5 Å². The molecule has 0 radical (unpaired) electrons. The fraction of sp³-hybridized carbons (Fsp3) is 0.125. The zero-order chi connectivity index (χ0) is 15.5. The van der Waals surface area contributed by atoms with Crippen molar-refractivity contribution in [2.45, 2.75) is 0 Å². The number of benzene rings is 2. The number of nitrogens with zero attached hydrogens (tertiary/aromatic N) is 2. The summed E-state index contributed by atoms with van der Waals surface area (Å²) in [5, 5.41) is 3.84. The molecular formula is C16H15N3O2S. The van der Waals surface area contributed by atoms with Gasteiger partial charge in [0, 0.05) is 31.4 Å². The molecule has 1 N–H and O–H groups in total. The van der Waals surface area contributed by atoms with E-state index in [0.717, 1.165) is 21.5 Å². The molecule has 2 aromatic carbocycles. The third-order valence-corrected chi connectivity index (χ3v) is 3.85. The van der Waals surface area contributed by atoms with Gasteiger partial charge in [-0.15, -0.1) is 0 Å². The number of fused-ring (bicyclic) bond motifs is 1. The molecule has 1 heterocycles. The molecule has 3 rings (SSSR count). The van der Waals surface area contributed by atoms with Crippen molar-refractivity contribution in [3.8, 4) is 11.5 Å². The molecule has 22 heavy (non-hydrogen) atoms. The summed E-state index contributed by atoms with van der Waals surface area (Å²) in [5.74, 6) is 1.48. The van der Waals surface area contributed by atoms with Gasteiger partial charge in [-0.25, -0.2) is 4.79 Å². The van der Waals surface area contributed by atoms with Gasteiger partial charge in [-0.3, -0.25) is 0 Å². The van der Waals surface area contributed by atoms with Crippen LogP contribution in [0, 0.1) is 0 Å². The first kappa shape index (κ1) is 14.3. The van der Waals surface area contributed by atoms with Gasteiger partial charge >= 0.3 is 6.03 Å². The standard InChI is InChI=1S/C16H15N3O2S/c1-19(2)16(20)18-12-3-5-13(6-4-12)21-14-7-8-15-11(9-14)10-17-22-15/h3-10H,1-2H3,(H,18,20). The van der Waals surface area contributed by atoms with E-state index in [1.807, 2.05) is 36.5 Å². The van der Waals surface area contributed by atoms with Crippen LogP contribution >= 0.6 is 11.5 Å². The summed E-state index contributed by atoms with van der Waals surface area (Å²) in [4.78, 5) is 13.0. The van der Waals surface area contributed by atoms with E-state index in [4.69, 9.17) is 4.74 Å². The number of hydrogen-bond donors (Lipinski definition) is 1. The van der Waals surface area contributed by atoms with Gasteiger partial charge in [0.05, 0.1) is 4.70 Å². The normalized spacial score (nSPS) is 10.5. The van der Waals surface area contributed by atoms with Gasteiger partial charge in [-0.05, 0) is 54.0 Å². The largest absolute Gasteiger partial charge is 0.457 e. The zero-order valence-electron chi connectivity index (χ0n) is 12.2. The molecular weight excluding hydrogens is 298 g/mol. The topological polar surface area (TPSA) is 54.5 Å². The lowest BCUT2D eigenvalue weighted by molar-refractivity contribution is 0.230. The van der Waals surface area contributed by atoms with Gasteiger partial charge < -0.3 is 15.0 Å². The number of ether oxygens (including phenoxy) is 1. The molecule has 0 saturated heterocycles. The van der Waals surface area contributed by atoms with Crippen molar-refractivity contribution in [1.82, 2.24) is 9.27 Å². The summed E-state index contributed by atoms with van der Waals surface area (Å²) in [6.07, 6.45) is 1.83. The number of hydrogen-bond acceptors (Lipinski definition) is 4. The van der Waals surface area contributed by atoms with Gasteiger partial charge in [0.15, 0.2) is 0 Å². The Morgan fingerprint density at radius 1 is 1.14 bits per heavy atom. The smallest absolute Gasteiger partial charge is 0.321 e. The zero-order valence-corrected chi connectivity index (χ0v) is 13.1. The second-order valence-electron chi connectivity index (χ2n) is 4.98. The van der Waals surface area contributed by atoms with Crippen molar-refractivity contribution in [2.24, 2.45) is 0 Å². The maximum absolute atomic E-state index is 11.6. The second-order valence-corrected chi connectivity index (χ2v) is 5.81. The lowest BCUT2D eigenvalue weighted by atomic mass is 10.2. The Morgan fingerprint density at radius 2 is 1.86 bits per heavy atom. The average molecular weight is 313 g/mol. The number of anilines is 1. The number of carbonyl (C=O) groups is 1. The summed E-state index contributed by atoms with van der Waals surface area (Å²) in [6.45, 7) is 0. The molecule has 0 unspecified atom stereocenters. The van der Waals surface area contributed by atoms with E-state index in [-0.39, 0.29) is 6.03 Å². The molecule has 6 heteroatoms. The fourth-order valence-corrected chi connectivity index (χ4v) is 2.52. The van der Waals surface area contributed by atoms with Crippen molar-refractivity contribution < 1.29 is 9.53 Å². The van der Waals surface area contributed by atoms with E-state index in [2.05, 4.69) is 9.69 Å². The van der Waals surface area contributed by atoms with Crippen LogP contribution < -0.4 is 10.1 Å². The Bertz CT molecular complexity index is 797. The molecule has 0 atom stereocenters. The van der Waals surface area contributed by atoms with Crippen LogP contribution in [0.1, 0.15) is 0 Å². The molecule has 5 nitrogen and oxygen atoms in total. The third kappa shape index (κ3) is 3.17. The number of rotatable bonds is 3. The Morgan fingerprint density at radius 3 is 2.59 bits per heavy atom. The number of urea groups is 1. The van der Waals surface area contributed by atoms with Crippen LogP contribution in [-0.4, -0.2) is 29.4 Å². The highest BCUT2D eigenvalue weighted by Crippen LogP contribution is 2.27. The molecule has 112 valence electrons. The van der Waals surface area contributed by atoms with Crippen LogP contribution in [0.2, 0.25) is 0 Å². The minimum atomic E-state index is -0.163. The first-order valence-corrected chi connectivity index (χ1v) is 7.50. The highest BCUT2D eigenvalue weighted by Gasteiger charge is 2.05. The van der Waals surface area contributed by atoms with Crippen molar-refractivity contribution in [3.05, 3.63) is 48.7 Å². The lowest BCUT2D eigenvalue weighted by Gasteiger charge is -2.12. The maximum atomic E-state index is 11.6. The van der Waals surface area contributed by atoms with Crippen LogP contribution in [0.15, 0.2) is 48.7 Å². The summed E-state index contributed by atoms with van der Waals surface area (Å²) < 4.78 is 11.1. The quantitative estimate of drug-likeness (QED) is 0.789. The van der Waals surface area contributed by atoms with E-state index >= 15 is 0 Å². The minimum absolute atomic E-state index is 0.163. The third-order valence-electron chi connectivity index (χ3n) is 3.07. The minimum Gasteiger partial charge on any atom is -0.457 e. The molecule has 0 aliphatic heterocycles. The van der Waals surface area contributed by atoms with E-state index in [1.54, 1.807) is 26.2 Å². The van der Waals surface area contributed by atoms with Crippen molar-refractivity contribution in [2.75, 3.05) is 19.4 Å². The number of aromatic nitrogens is 1. The molecule has 3 aromatic rings. The van der Waals surface area contributed by atoms with Crippen molar-refractivity contribution in [1.29, 1.82) is 0 Å². The molecule has 0 bridgehead atoms. The Balaban J connectivity index is 1.71. The van der Waals surface area contributed by atoms with Crippen LogP contribution in [0.4, 0.5) is 10.5 Å². The molecule has 0 saturated carbocycles. The SMILES string of the molecule is CN(C)C(=O)Nc1ccc(Oc2ccc3sncc3c2)cc1. The number of nitrogens with one attached hydrogen (secondary N) is 1. The van der Waals surface area contributed by atoms with Crippen LogP contribution in [0.25, 0.3) is 10.1 Å². The fourth-order valence-electron chi connectivity index (χ4n) is 1.89. The van der Waals surface area contributed by atoms with E-state index in [1.165, 1.54) is 16.4 Å². The van der Waals surface area contributed by atoms with E-state index < -0.39 is 0 Å². The highest BCUT2D eigenvalue weighted by atomic mass is 32.1. The maximum Gasteiger partial charge on any atom is 0.321 e. The Hall–Kier alpha value is -2.60. The van der Waals surface area contributed by atoms with E-state index in [0.29, 0.717) is 5.75 Å². The van der Waals surface area contributed by atoms with Crippen molar-refractivity contribution >= 4 is 33.3 Å². The first-order chi connectivity index (χ1) is 10.6. The number of carbonyl (C=O) groups excluding carboxylic acids is 1. The van der Waals surface area contributed by atoms with Gasteiger partial charge in [-0.2, -0.15) is 4.37 Å². The Labute approximate surface area is 132 Å². The highest BCUT2D eigenvalue weighted by molar-refractivity contribution is 7.13. The summed E-state index contributed by atoms with van der Waals surface area (Å²) in [5.41, 5.74) is 0.725. The summed E-state index contributed by atoms with van der Waals surface area (Å²) in [7, 11) is 3.39. The number of amides is 2. The molecule has 0 fully saturated rings. The molecule has 0 aliphatic rings. The molecule has 2 amide bonds. The lowest BCUT2D eigenvalue weighted by Crippen LogP contribution is -2.27. The van der Waals surface area contributed by atoms with Crippen LogP contribution in [0.3, 0.4) is 0 Å². The monoisotopic (exact) mass is 313 g/mol. The van der Waals surface area contributed by atoms with Gasteiger partial charge in [-0.1, -0.05) is 0 Å². The Kier molecular flexibility index (Phi) is 3.93. The predicted molar refractivity (Wildman–Crippen MR) is 88.8 cm³/mol. The first-order valence-electron chi connectivity index (χ1n) is 6.72. The van der Waals surface area contributed by atoms with Gasteiger partial charge in [0.1, 0.15) is 11.5 Å². The summed E-state index contributed by atoms with van der Waals surface area (Å²) >= 11 is 1.46. The van der Waals surface area contributed by atoms with E-state index in [9.17, 15) is 4.79 Å². The van der Waals surface area contributed by atoms with Crippen LogP contribution in [-0.2, 0) is 0 Å². The average Bonchev–Trinajstić information content (AvgIpc) is 2.96. The second kappa shape index (κ2) is 6.03. The molecule has 1 aromatic heterocycles.